The first-order valence-corrected chi connectivity index (χ1v) is 6.24. The third-order valence-corrected chi connectivity index (χ3v) is 2.71. The summed E-state index contributed by atoms with van der Waals surface area (Å²) in [7, 11) is 0. The van der Waals surface area contributed by atoms with Crippen molar-refractivity contribution in [1.29, 1.82) is 0 Å². The maximum Gasteiger partial charge on any atom is 0.341 e. The molecule has 108 valence electrons. The Balaban J connectivity index is 2.09. The predicted molar refractivity (Wildman–Crippen MR) is 76.5 cm³/mol. The van der Waals surface area contributed by atoms with E-state index < -0.39 is 12.6 Å². The molecule has 2 rings (SSSR count). The molecule has 0 aliphatic carbocycles. The van der Waals surface area contributed by atoms with E-state index in [2.05, 4.69) is 10.3 Å². The maximum absolute atomic E-state index is 12.1. The third kappa shape index (κ3) is 4.04. The zero-order valence-electron chi connectivity index (χ0n) is 11.4. The Kier molecular flexibility index (Phi) is 4.50. The number of nitrogens with one attached hydrogen (secondary N) is 1. The number of benzene rings is 1. The van der Waals surface area contributed by atoms with Crippen molar-refractivity contribution in [1.82, 2.24) is 4.98 Å². The molecule has 0 atom stereocenters. The van der Waals surface area contributed by atoms with Gasteiger partial charge in [-0.05, 0) is 31.2 Å². The van der Waals surface area contributed by atoms with E-state index in [4.69, 9.17) is 9.84 Å². The number of carboxylic acids is 1. The Bertz CT molecular complexity index is 670. The van der Waals surface area contributed by atoms with Crippen LogP contribution in [0.15, 0.2) is 42.6 Å². The number of aliphatic carboxylic acids is 1. The molecule has 21 heavy (non-hydrogen) atoms. The highest BCUT2D eigenvalue weighted by molar-refractivity contribution is 6.05. The maximum atomic E-state index is 12.1. The van der Waals surface area contributed by atoms with Gasteiger partial charge in [0, 0.05) is 23.6 Å². The van der Waals surface area contributed by atoms with Crippen LogP contribution in [0.3, 0.4) is 0 Å². The Labute approximate surface area is 121 Å². The largest absolute Gasteiger partial charge is 0.482 e. The first kappa shape index (κ1) is 14.5. The molecular formula is C15H14N2O4. The van der Waals surface area contributed by atoms with Gasteiger partial charge in [0.05, 0.1) is 5.56 Å². The lowest BCUT2D eigenvalue weighted by Gasteiger charge is -2.09. The number of ether oxygens (including phenoxy) is 1. The van der Waals surface area contributed by atoms with Crippen molar-refractivity contribution in [2.45, 2.75) is 6.92 Å². The average Bonchev–Trinajstić information content (AvgIpc) is 2.46. The van der Waals surface area contributed by atoms with Crippen molar-refractivity contribution < 1.29 is 19.4 Å². The second kappa shape index (κ2) is 6.51. The van der Waals surface area contributed by atoms with Gasteiger partial charge in [-0.1, -0.05) is 6.07 Å². The summed E-state index contributed by atoms with van der Waals surface area (Å²) in [6.45, 7) is 1.32. The molecule has 1 aromatic heterocycles. The molecule has 0 saturated carbocycles. The van der Waals surface area contributed by atoms with Gasteiger partial charge in [-0.3, -0.25) is 9.78 Å². The number of amides is 1. The van der Waals surface area contributed by atoms with Crippen LogP contribution in [0.25, 0.3) is 0 Å². The van der Waals surface area contributed by atoms with Gasteiger partial charge in [0.2, 0.25) is 0 Å². The summed E-state index contributed by atoms with van der Waals surface area (Å²) < 4.78 is 5.06. The Morgan fingerprint density at radius 3 is 2.81 bits per heavy atom. The molecule has 0 saturated heterocycles. The number of anilines is 1. The molecule has 0 fully saturated rings. The summed E-state index contributed by atoms with van der Waals surface area (Å²) in [5, 5.41) is 11.3. The molecule has 1 heterocycles. The highest BCUT2D eigenvalue weighted by Gasteiger charge is 2.10. The average molecular weight is 286 g/mol. The molecule has 0 radical (unpaired) electrons. The minimum absolute atomic E-state index is 0.281. The monoisotopic (exact) mass is 286 g/mol. The van der Waals surface area contributed by atoms with Crippen LogP contribution in [0.2, 0.25) is 0 Å². The second-order valence-electron chi connectivity index (χ2n) is 4.30. The number of aromatic nitrogens is 1. The van der Waals surface area contributed by atoms with E-state index in [0.29, 0.717) is 22.7 Å². The molecular weight excluding hydrogens is 272 g/mol. The van der Waals surface area contributed by atoms with Crippen molar-refractivity contribution >= 4 is 17.6 Å². The summed E-state index contributed by atoms with van der Waals surface area (Å²) in [6.07, 6.45) is 1.62. The van der Waals surface area contributed by atoms with E-state index in [1.54, 1.807) is 49.5 Å². The van der Waals surface area contributed by atoms with Crippen LogP contribution in [0.5, 0.6) is 5.75 Å². The van der Waals surface area contributed by atoms with Gasteiger partial charge in [-0.25, -0.2) is 4.79 Å². The number of pyridine rings is 1. The fourth-order valence-corrected chi connectivity index (χ4v) is 1.73. The molecule has 0 aliphatic rings. The molecule has 1 amide bonds. The van der Waals surface area contributed by atoms with E-state index in [0.717, 1.165) is 0 Å². The van der Waals surface area contributed by atoms with Crippen LogP contribution < -0.4 is 10.1 Å². The molecule has 2 N–H and O–H groups in total. The summed E-state index contributed by atoms with van der Waals surface area (Å²) in [5.74, 6) is -0.968. The lowest BCUT2D eigenvalue weighted by molar-refractivity contribution is -0.139. The van der Waals surface area contributed by atoms with Gasteiger partial charge < -0.3 is 15.2 Å². The Hall–Kier alpha value is -2.89. The van der Waals surface area contributed by atoms with E-state index in [9.17, 15) is 9.59 Å². The van der Waals surface area contributed by atoms with Crippen LogP contribution in [0.4, 0.5) is 5.69 Å². The topological polar surface area (TPSA) is 88.5 Å². The van der Waals surface area contributed by atoms with Crippen molar-refractivity contribution in [3.63, 3.8) is 0 Å². The van der Waals surface area contributed by atoms with Crippen LogP contribution in [-0.4, -0.2) is 28.6 Å². The van der Waals surface area contributed by atoms with Crippen LogP contribution in [-0.2, 0) is 4.79 Å². The number of rotatable bonds is 5. The number of hydrogen-bond donors (Lipinski definition) is 2. The highest BCUT2D eigenvalue weighted by Crippen LogP contribution is 2.18. The van der Waals surface area contributed by atoms with E-state index >= 15 is 0 Å². The summed E-state index contributed by atoms with van der Waals surface area (Å²) in [6, 6.07) is 9.91. The second-order valence-corrected chi connectivity index (χ2v) is 4.30. The molecule has 2 aromatic rings. The van der Waals surface area contributed by atoms with Gasteiger partial charge in [-0.15, -0.1) is 0 Å². The summed E-state index contributed by atoms with van der Waals surface area (Å²) >= 11 is 0. The Morgan fingerprint density at radius 1 is 1.29 bits per heavy atom. The number of carbonyl (C=O) groups is 2. The van der Waals surface area contributed by atoms with Crippen molar-refractivity contribution in [2.24, 2.45) is 0 Å². The first-order chi connectivity index (χ1) is 10.1. The SMILES string of the molecule is Cc1ncccc1C(=O)Nc1cccc(OCC(=O)O)c1. The number of carbonyl (C=O) groups excluding carboxylic acids is 1. The van der Waals surface area contributed by atoms with Gasteiger partial charge in [0.25, 0.3) is 5.91 Å². The summed E-state index contributed by atoms with van der Waals surface area (Å²) in [5.41, 5.74) is 1.63. The third-order valence-electron chi connectivity index (χ3n) is 2.71. The van der Waals surface area contributed by atoms with Crippen LogP contribution in [0, 0.1) is 6.92 Å². The van der Waals surface area contributed by atoms with Crippen molar-refractivity contribution in [2.75, 3.05) is 11.9 Å². The minimum Gasteiger partial charge on any atom is -0.482 e. The highest BCUT2D eigenvalue weighted by atomic mass is 16.5. The number of aryl methyl sites for hydroxylation is 1. The quantitative estimate of drug-likeness (QED) is 0.878. The molecule has 0 bridgehead atoms. The van der Waals surface area contributed by atoms with Crippen molar-refractivity contribution in [3.05, 3.63) is 53.9 Å². The van der Waals surface area contributed by atoms with Gasteiger partial charge in [-0.2, -0.15) is 0 Å². The fraction of sp³-hybridized carbons (Fsp3) is 0.133. The molecule has 6 nitrogen and oxygen atoms in total. The number of hydrogen-bond acceptors (Lipinski definition) is 4. The lowest BCUT2D eigenvalue weighted by atomic mass is 10.2. The molecule has 0 unspecified atom stereocenters. The summed E-state index contributed by atoms with van der Waals surface area (Å²) in [4.78, 5) is 26.6. The van der Waals surface area contributed by atoms with Gasteiger partial charge in [0.1, 0.15) is 5.75 Å². The van der Waals surface area contributed by atoms with Crippen molar-refractivity contribution in [3.8, 4) is 5.75 Å². The minimum atomic E-state index is -1.06. The molecule has 1 aromatic carbocycles. The zero-order chi connectivity index (χ0) is 15.2. The molecule has 0 spiro atoms. The van der Waals surface area contributed by atoms with Gasteiger partial charge >= 0.3 is 5.97 Å². The predicted octanol–water partition coefficient (Wildman–Crippen LogP) is 2.11. The van der Waals surface area contributed by atoms with E-state index in [1.165, 1.54) is 0 Å². The zero-order valence-corrected chi connectivity index (χ0v) is 11.4. The first-order valence-electron chi connectivity index (χ1n) is 6.24. The normalized spacial score (nSPS) is 9.95. The molecule has 6 heteroatoms. The Morgan fingerprint density at radius 2 is 2.10 bits per heavy atom. The molecule has 0 aliphatic heterocycles. The van der Waals surface area contributed by atoms with E-state index in [-0.39, 0.29) is 5.91 Å². The van der Waals surface area contributed by atoms with Crippen LogP contribution >= 0.6 is 0 Å². The lowest BCUT2D eigenvalue weighted by Crippen LogP contribution is -2.14. The van der Waals surface area contributed by atoms with E-state index in [1.807, 2.05) is 0 Å². The standard InChI is InChI=1S/C15H14N2O4/c1-10-13(6-3-7-16-10)15(20)17-11-4-2-5-12(8-11)21-9-14(18)19/h2-8H,9H2,1H3,(H,17,20)(H,18,19). The van der Waals surface area contributed by atoms with Crippen LogP contribution in [0.1, 0.15) is 16.1 Å². The van der Waals surface area contributed by atoms with Gasteiger partial charge in [0.15, 0.2) is 6.61 Å². The number of nitrogens with zero attached hydrogens (tertiary/aromatic N) is 1. The fourth-order valence-electron chi connectivity index (χ4n) is 1.73. The smallest absolute Gasteiger partial charge is 0.341 e. The number of carboxylic acid groups (broad SMARTS) is 1.